The highest BCUT2D eigenvalue weighted by Gasteiger charge is 2.15. The van der Waals surface area contributed by atoms with E-state index in [0.29, 0.717) is 49.3 Å². The van der Waals surface area contributed by atoms with Gasteiger partial charge < -0.3 is 20.1 Å². The van der Waals surface area contributed by atoms with E-state index in [2.05, 4.69) is 25.9 Å². The first-order valence-corrected chi connectivity index (χ1v) is 8.16. The fourth-order valence-corrected chi connectivity index (χ4v) is 2.17. The molecular formula is C16H24N6O3. The molecule has 0 bridgehead atoms. The van der Waals surface area contributed by atoms with Crippen LogP contribution >= 0.6 is 0 Å². The molecule has 0 fully saturated rings. The molecule has 9 nitrogen and oxygen atoms in total. The van der Waals surface area contributed by atoms with E-state index >= 15 is 0 Å². The number of hydrogen-bond acceptors (Lipinski definition) is 7. The minimum absolute atomic E-state index is 0.170. The second-order valence-corrected chi connectivity index (χ2v) is 5.22. The van der Waals surface area contributed by atoms with Gasteiger partial charge in [0.1, 0.15) is 0 Å². The quantitative estimate of drug-likeness (QED) is 0.597. The summed E-state index contributed by atoms with van der Waals surface area (Å²) in [5, 5.41) is 18.3. The van der Waals surface area contributed by atoms with Gasteiger partial charge in [-0.25, -0.2) is 4.68 Å². The summed E-state index contributed by atoms with van der Waals surface area (Å²) in [5.41, 5.74) is 1.20. The Balaban J connectivity index is 1.94. The number of amides is 1. The summed E-state index contributed by atoms with van der Waals surface area (Å²) in [6, 6.07) is 3.47. The molecule has 2 N–H and O–H groups in total. The molecule has 25 heavy (non-hydrogen) atoms. The van der Waals surface area contributed by atoms with Crippen molar-refractivity contribution in [3.8, 4) is 11.7 Å². The maximum absolute atomic E-state index is 12.3. The lowest BCUT2D eigenvalue weighted by atomic mass is 10.2. The minimum atomic E-state index is -0.170. The summed E-state index contributed by atoms with van der Waals surface area (Å²) in [4.78, 5) is 12.3. The first kappa shape index (κ1) is 18.8. The van der Waals surface area contributed by atoms with Crippen LogP contribution in [0.3, 0.4) is 0 Å². The van der Waals surface area contributed by atoms with Crippen LogP contribution in [0.5, 0.6) is 5.88 Å². The lowest BCUT2D eigenvalue weighted by Gasteiger charge is -2.07. The molecule has 9 heteroatoms. The largest absolute Gasteiger partial charge is 0.477 e. The van der Waals surface area contributed by atoms with Gasteiger partial charge in [-0.15, -0.1) is 10.2 Å². The zero-order valence-corrected chi connectivity index (χ0v) is 14.8. The molecule has 0 aliphatic rings. The fraction of sp³-hybridized carbons (Fsp3) is 0.500. The Morgan fingerprint density at radius 3 is 2.76 bits per heavy atom. The van der Waals surface area contributed by atoms with Crippen LogP contribution in [-0.4, -0.2) is 65.8 Å². The lowest BCUT2D eigenvalue weighted by Crippen LogP contribution is -2.33. The number of aromatic nitrogens is 4. The molecule has 0 aliphatic heterocycles. The number of carbonyl (C=O) groups excluding carboxylic acids is 1. The van der Waals surface area contributed by atoms with Crippen molar-refractivity contribution in [2.45, 2.75) is 13.8 Å². The van der Waals surface area contributed by atoms with Gasteiger partial charge in [-0.1, -0.05) is 0 Å². The van der Waals surface area contributed by atoms with Crippen molar-refractivity contribution in [2.24, 2.45) is 0 Å². The SMILES string of the molecule is CCOc1ccc(-n2ncc(C(=O)NCCNCCOC)c2C)nn1. The van der Waals surface area contributed by atoms with E-state index < -0.39 is 0 Å². The van der Waals surface area contributed by atoms with Crippen LogP contribution in [0.2, 0.25) is 0 Å². The van der Waals surface area contributed by atoms with Crippen molar-refractivity contribution in [1.29, 1.82) is 0 Å². The van der Waals surface area contributed by atoms with E-state index in [0.717, 1.165) is 6.54 Å². The van der Waals surface area contributed by atoms with Crippen molar-refractivity contribution >= 4 is 5.91 Å². The van der Waals surface area contributed by atoms with Crippen molar-refractivity contribution < 1.29 is 14.3 Å². The predicted molar refractivity (Wildman–Crippen MR) is 92.1 cm³/mol. The predicted octanol–water partition coefficient (Wildman–Crippen LogP) is 0.335. The monoisotopic (exact) mass is 348 g/mol. The zero-order chi connectivity index (χ0) is 18.1. The second kappa shape index (κ2) is 9.70. The summed E-state index contributed by atoms with van der Waals surface area (Å²) in [7, 11) is 1.65. The molecule has 2 aromatic rings. The summed E-state index contributed by atoms with van der Waals surface area (Å²) in [5.74, 6) is 0.812. The van der Waals surface area contributed by atoms with Crippen LogP contribution in [-0.2, 0) is 4.74 Å². The van der Waals surface area contributed by atoms with E-state index in [-0.39, 0.29) is 5.91 Å². The van der Waals surface area contributed by atoms with Crippen molar-refractivity contribution in [1.82, 2.24) is 30.6 Å². The Labute approximate surface area is 146 Å². The average Bonchev–Trinajstić information content (AvgIpc) is 3.00. The van der Waals surface area contributed by atoms with Crippen LogP contribution in [0.1, 0.15) is 23.0 Å². The molecule has 0 spiro atoms. The number of ether oxygens (including phenoxy) is 2. The van der Waals surface area contributed by atoms with E-state index in [4.69, 9.17) is 9.47 Å². The Morgan fingerprint density at radius 2 is 2.08 bits per heavy atom. The van der Waals surface area contributed by atoms with Gasteiger partial charge >= 0.3 is 0 Å². The summed E-state index contributed by atoms with van der Waals surface area (Å²) in [6.45, 7) is 6.81. The lowest BCUT2D eigenvalue weighted by molar-refractivity contribution is 0.0953. The van der Waals surface area contributed by atoms with Crippen molar-refractivity contribution in [2.75, 3.05) is 40.0 Å². The standard InChI is InChI=1S/C16H24N6O3/c1-4-25-15-6-5-14(20-21-15)22-12(2)13(11-19-22)16(23)18-8-7-17-9-10-24-3/h5-6,11,17H,4,7-10H2,1-3H3,(H,18,23). The van der Waals surface area contributed by atoms with Crippen LogP contribution in [0, 0.1) is 6.92 Å². The van der Waals surface area contributed by atoms with Gasteiger partial charge in [0.25, 0.3) is 5.91 Å². The summed E-state index contributed by atoms with van der Waals surface area (Å²) in [6.07, 6.45) is 1.53. The van der Waals surface area contributed by atoms with Crippen LogP contribution in [0.4, 0.5) is 0 Å². The zero-order valence-electron chi connectivity index (χ0n) is 14.8. The molecule has 0 saturated heterocycles. The number of methoxy groups -OCH3 is 1. The van der Waals surface area contributed by atoms with Crippen molar-refractivity contribution in [3.63, 3.8) is 0 Å². The Morgan fingerprint density at radius 1 is 1.24 bits per heavy atom. The van der Waals surface area contributed by atoms with Gasteiger partial charge in [-0.05, 0) is 19.9 Å². The van der Waals surface area contributed by atoms with E-state index in [1.807, 2.05) is 13.8 Å². The van der Waals surface area contributed by atoms with Gasteiger partial charge in [-0.2, -0.15) is 5.10 Å². The number of nitrogens with zero attached hydrogens (tertiary/aromatic N) is 4. The van der Waals surface area contributed by atoms with Gasteiger partial charge in [0.15, 0.2) is 5.82 Å². The molecule has 2 rings (SSSR count). The molecular weight excluding hydrogens is 324 g/mol. The third-order valence-corrected chi connectivity index (χ3v) is 3.46. The van der Waals surface area contributed by atoms with E-state index in [9.17, 15) is 4.79 Å². The third-order valence-electron chi connectivity index (χ3n) is 3.46. The summed E-state index contributed by atoms with van der Waals surface area (Å²) >= 11 is 0. The number of rotatable bonds is 10. The first-order valence-electron chi connectivity index (χ1n) is 8.16. The van der Waals surface area contributed by atoms with Gasteiger partial charge in [0.2, 0.25) is 5.88 Å². The Hall–Kier alpha value is -2.52. The van der Waals surface area contributed by atoms with E-state index in [1.165, 1.54) is 6.20 Å². The highest BCUT2D eigenvalue weighted by Crippen LogP contribution is 2.13. The highest BCUT2D eigenvalue weighted by atomic mass is 16.5. The molecule has 0 aromatic carbocycles. The molecule has 2 aromatic heterocycles. The Kier molecular flexibility index (Phi) is 7.30. The smallest absolute Gasteiger partial charge is 0.254 e. The summed E-state index contributed by atoms with van der Waals surface area (Å²) < 4.78 is 11.8. The fourth-order valence-electron chi connectivity index (χ4n) is 2.17. The van der Waals surface area contributed by atoms with Gasteiger partial charge in [-0.3, -0.25) is 4.79 Å². The molecule has 0 atom stereocenters. The molecule has 0 unspecified atom stereocenters. The first-order chi connectivity index (χ1) is 12.2. The second-order valence-electron chi connectivity index (χ2n) is 5.22. The van der Waals surface area contributed by atoms with Gasteiger partial charge in [0.05, 0.1) is 30.7 Å². The van der Waals surface area contributed by atoms with Crippen LogP contribution in [0.15, 0.2) is 18.3 Å². The molecule has 0 aliphatic carbocycles. The number of carbonyl (C=O) groups is 1. The maximum atomic E-state index is 12.3. The minimum Gasteiger partial charge on any atom is -0.477 e. The molecule has 2 heterocycles. The normalized spacial score (nSPS) is 10.7. The van der Waals surface area contributed by atoms with Gasteiger partial charge in [0, 0.05) is 32.8 Å². The molecule has 0 radical (unpaired) electrons. The molecule has 1 amide bonds. The number of nitrogens with one attached hydrogen (secondary N) is 2. The molecule has 0 saturated carbocycles. The third kappa shape index (κ3) is 5.23. The average molecular weight is 348 g/mol. The highest BCUT2D eigenvalue weighted by molar-refractivity contribution is 5.95. The number of hydrogen-bond donors (Lipinski definition) is 2. The van der Waals surface area contributed by atoms with Crippen LogP contribution < -0.4 is 15.4 Å². The molecule has 136 valence electrons. The van der Waals surface area contributed by atoms with Crippen LogP contribution in [0.25, 0.3) is 5.82 Å². The van der Waals surface area contributed by atoms with E-state index in [1.54, 1.807) is 23.9 Å². The van der Waals surface area contributed by atoms with Crippen molar-refractivity contribution in [3.05, 3.63) is 29.6 Å². The Bertz CT molecular complexity index is 671. The topological polar surface area (TPSA) is 103 Å². The maximum Gasteiger partial charge on any atom is 0.254 e.